The van der Waals surface area contributed by atoms with Gasteiger partial charge in [0.25, 0.3) is 0 Å². The fraction of sp³-hybridized carbons (Fsp3) is 0.444. The summed E-state index contributed by atoms with van der Waals surface area (Å²) in [6.07, 6.45) is 3.16. The largest absolute Gasteiger partial charge is 0.338 e. The number of fused-ring (bicyclic) bond motifs is 1. The second kappa shape index (κ2) is 6.51. The third-order valence-electron chi connectivity index (χ3n) is 4.58. The minimum absolute atomic E-state index is 0.310. The molecule has 8 heteroatoms. The van der Waals surface area contributed by atoms with Crippen molar-refractivity contribution >= 4 is 28.6 Å². The lowest BCUT2D eigenvalue weighted by Gasteiger charge is -2.15. The summed E-state index contributed by atoms with van der Waals surface area (Å²) in [5, 5.41) is 3.22. The minimum atomic E-state index is -0.807. The zero-order valence-electron chi connectivity index (χ0n) is 15.1. The molecule has 0 amide bonds. The Morgan fingerprint density at radius 1 is 1.23 bits per heavy atom. The Morgan fingerprint density at radius 3 is 2.81 bits per heavy atom. The van der Waals surface area contributed by atoms with Crippen molar-refractivity contribution in [1.82, 2.24) is 24.5 Å². The van der Waals surface area contributed by atoms with Crippen LogP contribution in [-0.2, 0) is 0 Å². The van der Waals surface area contributed by atoms with Crippen LogP contribution in [0.4, 0.5) is 22.0 Å². The molecule has 1 aliphatic heterocycles. The van der Waals surface area contributed by atoms with E-state index in [9.17, 15) is 4.39 Å². The number of alkyl halides is 1. The summed E-state index contributed by atoms with van der Waals surface area (Å²) in [5.74, 6) is 2.83. The van der Waals surface area contributed by atoms with E-state index < -0.39 is 6.17 Å². The molecule has 0 aromatic carbocycles. The maximum absolute atomic E-state index is 13.4. The van der Waals surface area contributed by atoms with Crippen molar-refractivity contribution in [2.24, 2.45) is 0 Å². The number of pyridine rings is 1. The molecular weight excluding hydrogens is 333 g/mol. The summed E-state index contributed by atoms with van der Waals surface area (Å²) in [6, 6.07) is 4.07. The zero-order chi connectivity index (χ0) is 18.3. The van der Waals surface area contributed by atoms with Gasteiger partial charge in [-0.25, -0.2) is 19.3 Å². The number of anilines is 3. The molecular formula is C18H22FN7. The highest BCUT2D eigenvalue weighted by Gasteiger charge is 2.23. The van der Waals surface area contributed by atoms with Crippen molar-refractivity contribution in [1.29, 1.82) is 0 Å². The van der Waals surface area contributed by atoms with Crippen molar-refractivity contribution in [3.05, 3.63) is 30.4 Å². The molecule has 4 rings (SSSR count). The number of aromatic nitrogens is 5. The fourth-order valence-electron chi connectivity index (χ4n) is 3.44. The Hall–Kier alpha value is -2.77. The molecule has 3 aromatic heterocycles. The summed E-state index contributed by atoms with van der Waals surface area (Å²) in [4.78, 5) is 19.6. The van der Waals surface area contributed by atoms with Crippen LogP contribution >= 0.6 is 0 Å². The molecule has 1 aliphatic rings. The van der Waals surface area contributed by atoms with E-state index in [1.54, 1.807) is 18.5 Å². The van der Waals surface area contributed by atoms with Crippen molar-refractivity contribution < 1.29 is 4.39 Å². The normalized spacial score (nSPS) is 17.4. The van der Waals surface area contributed by atoms with Gasteiger partial charge in [0.2, 0.25) is 5.95 Å². The first-order valence-electron chi connectivity index (χ1n) is 8.85. The molecule has 0 saturated carbocycles. The van der Waals surface area contributed by atoms with Crippen LogP contribution in [0.15, 0.2) is 24.5 Å². The number of aryl methyl sites for hydroxylation is 1. The van der Waals surface area contributed by atoms with Gasteiger partial charge in [0.15, 0.2) is 0 Å². The number of nitrogens with one attached hydrogen (secondary N) is 1. The molecule has 0 bridgehead atoms. The van der Waals surface area contributed by atoms with E-state index in [2.05, 4.69) is 43.7 Å². The smallest absolute Gasteiger partial charge is 0.227 e. The number of hydrogen-bond donors (Lipinski definition) is 1. The van der Waals surface area contributed by atoms with Gasteiger partial charge < -0.3 is 14.8 Å². The van der Waals surface area contributed by atoms with E-state index in [0.717, 1.165) is 16.9 Å². The van der Waals surface area contributed by atoms with E-state index in [1.165, 1.54) is 0 Å². The number of halogens is 1. The summed E-state index contributed by atoms with van der Waals surface area (Å²) >= 11 is 0. The van der Waals surface area contributed by atoms with Crippen LogP contribution in [0.5, 0.6) is 0 Å². The lowest BCUT2D eigenvalue weighted by atomic mass is 10.3. The van der Waals surface area contributed by atoms with Gasteiger partial charge in [-0.05, 0) is 33.3 Å². The van der Waals surface area contributed by atoms with Gasteiger partial charge >= 0.3 is 0 Å². The maximum Gasteiger partial charge on any atom is 0.227 e. The van der Waals surface area contributed by atoms with Crippen LogP contribution in [0.25, 0.3) is 11.0 Å². The summed E-state index contributed by atoms with van der Waals surface area (Å²) in [5.41, 5.74) is 1.90. The molecule has 136 valence electrons. The lowest BCUT2D eigenvalue weighted by molar-refractivity contribution is 0.364. The first kappa shape index (κ1) is 16.7. The third kappa shape index (κ3) is 3.07. The number of nitrogens with zero attached hydrogens (tertiary/aromatic N) is 6. The van der Waals surface area contributed by atoms with Crippen LogP contribution in [0.2, 0.25) is 0 Å². The van der Waals surface area contributed by atoms with Crippen molar-refractivity contribution in [3.8, 4) is 0 Å². The number of hydrogen-bond acceptors (Lipinski definition) is 6. The molecule has 3 aromatic rings. The molecule has 1 saturated heterocycles. The summed E-state index contributed by atoms with van der Waals surface area (Å²) < 4.78 is 15.6. The van der Waals surface area contributed by atoms with Gasteiger partial charge in [-0.3, -0.25) is 0 Å². The van der Waals surface area contributed by atoms with Crippen molar-refractivity contribution in [3.63, 3.8) is 0 Å². The molecule has 1 atom stereocenters. The number of rotatable bonds is 4. The highest BCUT2D eigenvalue weighted by Crippen LogP contribution is 2.24. The summed E-state index contributed by atoms with van der Waals surface area (Å²) in [7, 11) is 0. The Kier molecular flexibility index (Phi) is 4.18. The standard InChI is InChI=1S/C18H22FN7/c1-11(2)26-12(3)22-14-9-21-17(8-15(14)26)23-16-4-6-20-18(24-16)25-7-5-13(19)10-25/h4,6,8-9,11,13H,5,7,10H2,1-3H3,(H,20,21,23,24)/t13-/m1/s1. The molecule has 1 fully saturated rings. The average Bonchev–Trinajstić information content (AvgIpc) is 3.17. The van der Waals surface area contributed by atoms with Gasteiger partial charge in [-0.1, -0.05) is 0 Å². The van der Waals surface area contributed by atoms with Gasteiger partial charge in [-0.2, -0.15) is 4.98 Å². The van der Waals surface area contributed by atoms with Crippen LogP contribution in [0.3, 0.4) is 0 Å². The monoisotopic (exact) mass is 355 g/mol. The second-order valence-corrected chi connectivity index (χ2v) is 6.88. The minimum Gasteiger partial charge on any atom is -0.338 e. The lowest BCUT2D eigenvalue weighted by Crippen LogP contribution is -2.22. The Labute approximate surface area is 151 Å². The molecule has 0 unspecified atom stereocenters. The van der Waals surface area contributed by atoms with Crippen LogP contribution in [0, 0.1) is 6.92 Å². The highest BCUT2D eigenvalue weighted by molar-refractivity contribution is 5.79. The average molecular weight is 355 g/mol. The van der Waals surface area contributed by atoms with Gasteiger partial charge in [-0.15, -0.1) is 0 Å². The van der Waals surface area contributed by atoms with Crippen LogP contribution in [0.1, 0.15) is 32.1 Å². The van der Waals surface area contributed by atoms with Crippen molar-refractivity contribution in [2.75, 3.05) is 23.3 Å². The molecule has 4 heterocycles. The topological polar surface area (TPSA) is 71.8 Å². The van der Waals surface area contributed by atoms with E-state index in [-0.39, 0.29) is 0 Å². The van der Waals surface area contributed by atoms with Gasteiger partial charge in [0, 0.05) is 24.8 Å². The van der Waals surface area contributed by atoms with Gasteiger partial charge in [0.05, 0.1) is 18.3 Å². The molecule has 26 heavy (non-hydrogen) atoms. The Balaban J connectivity index is 1.62. The SMILES string of the molecule is Cc1nc2cnc(Nc3ccnc(N4CC[C@@H](F)C4)n3)cc2n1C(C)C. The first-order chi connectivity index (χ1) is 12.5. The van der Waals surface area contributed by atoms with Crippen LogP contribution in [-0.4, -0.2) is 43.8 Å². The van der Waals surface area contributed by atoms with Crippen molar-refractivity contribution in [2.45, 2.75) is 39.4 Å². The first-order valence-corrected chi connectivity index (χ1v) is 8.85. The number of imidazole rings is 1. The third-order valence-corrected chi connectivity index (χ3v) is 4.58. The maximum atomic E-state index is 13.4. The molecule has 0 spiro atoms. The zero-order valence-corrected chi connectivity index (χ0v) is 15.1. The molecule has 0 radical (unpaired) electrons. The highest BCUT2D eigenvalue weighted by atomic mass is 19.1. The van der Waals surface area contributed by atoms with Crippen LogP contribution < -0.4 is 10.2 Å². The fourth-order valence-corrected chi connectivity index (χ4v) is 3.44. The summed E-state index contributed by atoms with van der Waals surface area (Å²) in [6.45, 7) is 7.25. The predicted molar refractivity (Wildman–Crippen MR) is 99.7 cm³/mol. The Morgan fingerprint density at radius 2 is 2.08 bits per heavy atom. The molecule has 0 aliphatic carbocycles. The molecule has 7 nitrogen and oxygen atoms in total. The van der Waals surface area contributed by atoms with E-state index in [4.69, 9.17) is 0 Å². The predicted octanol–water partition coefficient (Wildman–Crippen LogP) is 3.40. The second-order valence-electron chi connectivity index (χ2n) is 6.88. The Bertz CT molecular complexity index is 936. The quantitative estimate of drug-likeness (QED) is 0.773. The van der Waals surface area contributed by atoms with Gasteiger partial charge in [0.1, 0.15) is 29.1 Å². The van der Waals surface area contributed by atoms with E-state index >= 15 is 0 Å². The van der Waals surface area contributed by atoms with E-state index in [1.807, 2.05) is 17.9 Å². The van der Waals surface area contributed by atoms with E-state index in [0.29, 0.717) is 43.1 Å². The molecule has 1 N–H and O–H groups in total.